The van der Waals surface area contributed by atoms with Crippen LogP contribution in [0.5, 0.6) is 5.75 Å². The fraction of sp³-hybridized carbons (Fsp3) is 0.632. The summed E-state index contributed by atoms with van der Waals surface area (Å²) in [7, 11) is 0. The number of para-hydroxylation sites is 1. The lowest BCUT2D eigenvalue weighted by molar-refractivity contribution is -0.131. The minimum absolute atomic E-state index is 0.167. The standard InChI is InChI=1S/C19H28N2O3/c1-16(22)20-12-8-17(9-13-20)21-11-5-10-19(23,14-21)15-24-18-6-3-2-4-7-18/h2-4,6-7,17,23H,5,8-15H2,1H3/t19-/m0/s1. The molecule has 0 saturated carbocycles. The average Bonchev–Trinajstić information content (AvgIpc) is 2.61. The molecule has 2 aliphatic heterocycles. The number of nitrogens with zero attached hydrogens (tertiary/aromatic N) is 2. The summed E-state index contributed by atoms with van der Waals surface area (Å²) in [5.74, 6) is 0.970. The third-order valence-electron chi connectivity index (χ3n) is 5.26. The van der Waals surface area contributed by atoms with E-state index >= 15 is 0 Å². The third-order valence-corrected chi connectivity index (χ3v) is 5.26. The number of hydrogen-bond acceptors (Lipinski definition) is 4. The summed E-state index contributed by atoms with van der Waals surface area (Å²) in [5.41, 5.74) is -0.786. The van der Waals surface area contributed by atoms with Gasteiger partial charge >= 0.3 is 0 Å². The van der Waals surface area contributed by atoms with Crippen molar-refractivity contribution in [3.8, 4) is 5.75 Å². The lowest BCUT2D eigenvalue weighted by atomic mass is 9.90. The SMILES string of the molecule is CC(=O)N1CCC(N2CCC[C@@](O)(COc3ccccc3)C2)CC1. The minimum atomic E-state index is -0.786. The minimum Gasteiger partial charge on any atom is -0.491 e. The second-order valence-corrected chi connectivity index (χ2v) is 7.14. The van der Waals surface area contributed by atoms with E-state index in [9.17, 15) is 9.90 Å². The Labute approximate surface area is 144 Å². The largest absolute Gasteiger partial charge is 0.491 e. The predicted octanol–water partition coefficient (Wildman–Crippen LogP) is 1.90. The lowest BCUT2D eigenvalue weighted by Gasteiger charge is -2.45. The number of aliphatic hydroxyl groups is 1. The zero-order valence-electron chi connectivity index (χ0n) is 14.5. The molecule has 2 heterocycles. The Morgan fingerprint density at radius 2 is 1.96 bits per heavy atom. The van der Waals surface area contributed by atoms with Gasteiger partial charge in [-0.3, -0.25) is 9.69 Å². The molecule has 0 aliphatic carbocycles. The van der Waals surface area contributed by atoms with Gasteiger partial charge in [0.25, 0.3) is 0 Å². The lowest BCUT2D eigenvalue weighted by Crippen LogP contribution is -2.56. The number of carbonyl (C=O) groups is 1. The summed E-state index contributed by atoms with van der Waals surface area (Å²) in [6.07, 6.45) is 3.76. The van der Waals surface area contributed by atoms with Crippen LogP contribution in [0.15, 0.2) is 30.3 Å². The Balaban J connectivity index is 1.53. The van der Waals surface area contributed by atoms with Crippen molar-refractivity contribution in [3.05, 3.63) is 30.3 Å². The maximum Gasteiger partial charge on any atom is 0.219 e. The smallest absolute Gasteiger partial charge is 0.219 e. The van der Waals surface area contributed by atoms with Gasteiger partial charge in [-0.05, 0) is 44.4 Å². The number of benzene rings is 1. The summed E-state index contributed by atoms with van der Waals surface area (Å²) in [5, 5.41) is 10.9. The first kappa shape index (κ1) is 17.2. The van der Waals surface area contributed by atoms with Gasteiger partial charge in [0, 0.05) is 32.6 Å². The van der Waals surface area contributed by atoms with E-state index in [4.69, 9.17) is 4.74 Å². The Hall–Kier alpha value is -1.59. The van der Waals surface area contributed by atoms with Gasteiger partial charge < -0.3 is 14.7 Å². The number of likely N-dealkylation sites (tertiary alicyclic amines) is 2. The first-order valence-electron chi connectivity index (χ1n) is 8.96. The van der Waals surface area contributed by atoms with Crippen molar-refractivity contribution in [1.82, 2.24) is 9.80 Å². The molecule has 3 rings (SSSR count). The molecule has 1 amide bonds. The third kappa shape index (κ3) is 4.28. The van der Waals surface area contributed by atoms with Crippen LogP contribution in [0.3, 0.4) is 0 Å². The van der Waals surface area contributed by atoms with Crippen LogP contribution in [0.25, 0.3) is 0 Å². The van der Waals surface area contributed by atoms with Crippen LogP contribution in [-0.4, -0.2) is 65.2 Å². The van der Waals surface area contributed by atoms with E-state index < -0.39 is 5.60 Å². The molecule has 0 spiro atoms. The maximum absolute atomic E-state index is 11.5. The van der Waals surface area contributed by atoms with E-state index in [1.54, 1.807) is 6.92 Å². The Kier molecular flexibility index (Phi) is 5.41. The zero-order chi connectivity index (χ0) is 17.0. The molecule has 0 aromatic heterocycles. The molecule has 2 fully saturated rings. The second-order valence-electron chi connectivity index (χ2n) is 7.14. The zero-order valence-corrected chi connectivity index (χ0v) is 14.5. The van der Waals surface area contributed by atoms with Crippen LogP contribution in [-0.2, 0) is 4.79 Å². The Morgan fingerprint density at radius 1 is 1.25 bits per heavy atom. The Morgan fingerprint density at radius 3 is 2.62 bits per heavy atom. The number of hydrogen-bond donors (Lipinski definition) is 1. The molecule has 0 bridgehead atoms. The van der Waals surface area contributed by atoms with Crippen LogP contribution in [0, 0.1) is 0 Å². The number of piperidine rings is 2. The summed E-state index contributed by atoms with van der Waals surface area (Å²) >= 11 is 0. The number of amides is 1. The molecular weight excluding hydrogens is 304 g/mol. The van der Waals surface area contributed by atoms with Crippen molar-refractivity contribution in [2.24, 2.45) is 0 Å². The molecule has 1 aromatic rings. The van der Waals surface area contributed by atoms with E-state index in [2.05, 4.69) is 4.90 Å². The molecule has 5 nitrogen and oxygen atoms in total. The fourth-order valence-electron chi connectivity index (χ4n) is 3.86. The van der Waals surface area contributed by atoms with E-state index in [0.717, 1.165) is 51.1 Å². The number of rotatable bonds is 4. The molecule has 1 N–H and O–H groups in total. The van der Waals surface area contributed by atoms with Gasteiger partial charge in [0.15, 0.2) is 0 Å². The van der Waals surface area contributed by atoms with Crippen molar-refractivity contribution in [1.29, 1.82) is 0 Å². The highest BCUT2D eigenvalue weighted by molar-refractivity contribution is 5.73. The van der Waals surface area contributed by atoms with Gasteiger partial charge in [0.2, 0.25) is 5.91 Å². The number of carbonyl (C=O) groups excluding carboxylic acids is 1. The van der Waals surface area contributed by atoms with Crippen molar-refractivity contribution >= 4 is 5.91 Å². The molecule has 132 valence electrons. The van der Waals surface area contributed by atoms with Gasteiger partial charge in [-0.2, -0.15) is 0 Å². The molecule has 2 saturated heterocycles. The van der Waals surface area contributed by atoms with Crippen LogP contribution >= 0.6 is 0 Å². The second kappa shape index (κ2) is 7.53. The Bertz CT molecular complexity index is 543. The van der Waals surface area contributed by atoms with Crippen molar-refractivity contribution in [2.75, 3.05) is 32.8 Å². The highest BCUT2D eigenvalue weighted by Crippen LogP contribution is 2.27. The van der Waals surface area contributed by atoms with E-state index in [0.29, 0.717) is 19.2 Å². The molecule has 1 aromatic carbocycles. The van der Waals surface area contributed by atoms with E-state index in [-0.39, 0.29) is 5.91 Å². The van der Waals surface area contributed by atoms with Gasteiger partial charge in [0.1, 0.15) is 18.0 Å². The first-order valence-corrected chi connectivity index (χ1v) is 8.96. The molecule has 2 aliphatic rings. The van der Waals surface area contributed by atoms with E-state index in [1.807, 2.05) is 35.2 Å². The normalized spacial score (nSPS) is 26.3. The van der Waals surface area contributed by atoms with Gasteiger partial charge in [-0.1, -0.05) is 18.2 Å². The molecular formula is C19H28N2O3. The average molecular weight is 332 g/mol. The van der Waals surface area contributed by atoms with Crippen LogP contribution in [0.2, 0.25) is 0 Å². The molecule has 24 heavy (non-hydrogen) atoms. The number of ether oxygens (including phenoxy) is 1. The molecule has 5 heteroatoms. The molecule has 1 atom stereocenters. The highest BCUT2D eigenvalue weighted by Gasteiger charge is 2.37. The van der Waals surface area contributed by atoms with Gasteiger partial charge in [0.05, 0.1) is 0 Å². The van der Waals surface area contributed by atoms with Crippen molar-refractivity contribution in [3.63, 3.8) is 0 Å². The summed E-state index contributed by atoms with van der Waals surface area (Å²) in [6.45, 7) is 5.31. The molecule has 0 radical (unpaired) electrons. The highest BCUT2D eigenvalue weighted by atomic mass is 16.5. The number of β-amino-alcohol motifs (C(OH)–C–C–N with tert-alkyl or cyclic N) is 1. The van der Waals surface area contributed by atoms with Crippen LogP contribution < -0.4 is 4.74 Å². The quantitative estimate of drug-likeness (QED) is 0.915. The van der Waals surface area contributed by atoms with Crippen LogP contribution in [0.4, 0.5) is 0 Å². The van der Waals surface area contributed by atoms with Gasteiger partial charge in [-0.15, -0.1) is 0 Å². The van der Waals surface area contributed by atoms with Gasteiger partial charge in [-0.25, -0.2) is 0 Å². The summed E-state index contributed by atoms with van der Waals surface area (Å²) in [6, 6.07) is 10.1. The van der Waals surface area contributed by atoms with Crippen LogP contribution in [0.1, 0.15) is 32.6 Å². The monoisotopic (exact) mass is 332 g/mol. The topological polar surface area (TPSA) is 53.0 Å². The predicted molar refractivity (Wildman–Crippen MR) is 93.0 cm³/mol. The summed E-state index contributed by atoms with van der Waals surface area (Å²) in [4.78, 5) is 15.8. The van der Waals surface area contributed by atoms with E-state index in [1.165, 1.54) is 0 Å². The molecule has 0 unspecified atom stereocenters. The first-order chi connectivity index (χ1) is 11.6. The van der Waals surface area contributed by atoms with Crippen molar-refractivity contribution < 1.29 is 14.6 Å². The maximum atomic E-state index is 11.5. The van der Waals surface area contributed by atoms with Crippen molar-refractivity contribution in [2.45, 2.75) is 44.2 Å². The fourth-order valence-corrected chi connectivity index (χ4v) is 3.86. The summed E-state index contributed by atoms with van der Waals surface area (Å²) < 4.78 is 5.80.